The van der Waals surface area contributed by atoms with Crippen LogP contribution in [0.2, 0.25) is 0 Å². The maximum Gasteiger partial charge on any atom is 0.258 e. The van der Waals surface area contributed by atoms with E-state index in [9.17, 15) is 9.59 Å². The van der Waals surface area contributed by atoms with E-state index in [4.69, 9.17) is 14.2 Å². The molecule has 2 N–H and O–H groups in total. The van der Waals surface area contributed by atoms with Crippen molar-refractivity contribution in [3.05, 3.63) is 48.5 Å². The molecule has 0 heterocycles. The smallest absolute Gasteiger partial charge is 0.258 e. The van der Waals surface area contributed by atoms with Crippen molar-refractivity contribution in [3.63, 3.8) is 0 Å². The molecule has 2 rings (SSSR count). The van der Waals surface area contributed by atoms with Gasteiger partial charge in [-0.25, -0.2) is 0 Å². The van der Waals surface area contributed by atoms with E-state index in [0.29, 0.717) is 23.8 Å². The maximum atomic E-state index is 11.8. The number of carbonyl (C=O) groups is 2. The first kappa shape index (κ1) is 21.6. The third-order valence-electron chi connectivity index (χ3n) is 3.47. The van der Waals surface area contributed by atoms with E-state index in [1.807, 2.05) is 6.92 Å². The lowest BCUT2D eigenvalue weighted by Gasteiger charge is -2.07. The minimum absolute atomic E-state index is 0.0951. The molecule has 0 saturated heterocycles. The van der Waals surface area contributed by atoms with Crippen LogP contribution in [0.25, 0.3) is 0 Å². The fourth-order valence-corrected chi connectivity index (χ4v) is 2.24. The van der Waals surface area contributed by atoms with E-state index < -0.39 is 0 Å². The molecule has 7 nitrogen and oxygen atoms in total. The zero-order chi connectivity index (χ0) is 20.9. The van der Waals surface area contributed by atoms with Gasteiger partial charge in [-0.2, -0.15) is 0 Å². The number of anilines is 1. The molecule has 2 aromatic rings. The molecule has 0 spiro atoms. The van der Waals surface area contributed by atoms with Gasteiger partial charge in [0.15, 0.2) is 6.61 Å². The van der Waals surface area contributed by atoms with Crippen molar-refractivity contribution < 1.29 is 23.8 Å². The highest BCUT2D eigenvalue weighted by Gasteiger charge is 2.02. The lowest BCUT2D eigenvalue weighted by Crippen LogP contribution is -2.29. The van der Waals surface area contributed by atoms with Gasteiger partial charge in [-0.05, 0) is 43.3 Å². The Morgan fingerprint density at radius 3 is 2.34 bits per heavy atom. The number of hydrogen-bond donors (Lipinski definition) is 2. The molecule has 2 aromatic carbocycles. The summed E-state index contributed by atoms with van der Waals surface area (Å²) >= 11 is 0. The quantitative estimate of drug-likeness (QED) is 0.637. The predicted octanol–water partition coefficient (Wildman–Crippen LogP) is 2.62. The molecule has 0 aliphatic heterocycles. The Balaban J connectivity index is 1.64. The molecule has 0 atom stereocenters. The van der Waals surface area contributed by atoms with Crippen LogP contribution < -0.4 is 24.8 Å². The third kappa shape index (κ3) is 8.71. The Hall–Kier alpha value is -3.66. The fourth-order valence-electron chi connectivity index (χ4n) is 2.24. The van der Waals surface area contributed by atoms with Crippen molar-refractivity contribution in [2.75, 3.05) is 31.7 Å². The Morgan fingerprint density at radius 1 is 0.931 bits per heavy atom. The van der Waals surface area contributed by atoms with Gasteiger partial charge in [0.25, 0.3) is 5.91 Å². The zero-order valence-electron chi connectivity index (χ0n) is 16.5. The monoisotopic (exact) mass is 396 g/mol. The van der Waals surface area contributed by atoms with Gasteiger partial charge in [0.05, 0.1) is 13.2 Å². The molecule has 29 heavy (non-hydrogen) atoms. The van der Waals surface area contributed by atoms with Gasteiger partial charge in [0, 0.05) is 18.7 Å². The maximum absolute atomic E-state index is 11.8. The molecule has 0 unspecified atom stereocenters. The van der Waals surface area contributed by atoms with E-state index in [-0.39, 0.29) is 31.6 Å². The number of amides is 2. The number of benzene rings is 2. The van der Waals surface area contributed by atoms with E-state index in [1.165, 1.54) is 6.92 Å². The highest BCUT2D eigenvalue weighted by atomic mass is 16.5. The van der Waals surface area contributed by atoms with E-state index >= 15 is 0 Å². The van der Waals surface area contributed by atoms with Crippen LogP contribution in [0.5, 0.6) is 17.2 Å². The Kier molecular flexibility index (Phi) is 8.90. The van der Waals surface area contributed by atoms with Crippen LogP contribution in [0.4, 0.5) is 5.69 Å². The predicted molar refractivity (Wildman–Crippen MR) is 110 cm³/mol. The second-order valence-corrected chi connectivity index (χ2v) is 5.82. The van der Waals surface area contributed by atoms with Gasteiger partial charge in [-0.15, -0.1) is 0 Å². The summed E-state index contributed by atoms with van der Waals surface area (Å²) in [4.78, 5) is 22.8. The number of hydrogen-bond acceptors (Lipinski definition) is 5. The van der Waals surface area contributed by atoms with Gasteiger partial charge in [-0.3, -0.25) is 9.59 Å². The Labute approximate surface area is 170 Å². The largest absolute Gasteiger partial charge is 0.494 e. The van der Waals surface area contributed by atoms with Gasteiger partial charge in [0.2, 0.25) is 5.91 Å². The lowest BCUT2D eigenvalue weighted by molar-refractivity contribution is -0.122. The lowest BCUT2D eigenvalue weighted by atomic mass is 10.3. The first-order valence-corrected chi connectivity index (χ1v) is 9.15. The SMILES string of the molecule is CCOc1ccc(OCC(=O)NCC#CCOc2cccc(NC(C)=O)c2)cc1. The number of rotatable bonds is 9. The molecule has 0 saturated carbocycles. The molecular formula is C22H24N2O5. The average Bonchev–Trinajstić information content (AvgIpc) is 2.70. The van der Waals surface area contributed by atoms with E-state index in [1.54, 1.807) is 48.5 Å². The van der Waals surface area contributed by atoms with Crippen LogP contribution in [0.3, 0.4) is 0 Å². The summed E-state index contributed by atoms with van der Waals surface area (Å²) < 4.78 is 16.2. The minimum atomic E-state index is -0.267. The highest BCUT2D eigenvalue weighted by Crippen LogP contribution is 2.18. The van der Waals surface area contributed by atoms with Gasteiger partial charge in [0.1, 0.15) is 23.9 Å². The molecule has 0 bridgehead atoms. The van der Waals surface area contributed by atoms with Crippen LogP contribution in [0.1, 0.15) is 13.8 Å². The van der Waals surface area contributed by atoms with Gasteiger partial charge >= 0.3 is 0 Å². The summed E-state index contributed by atoms with van der Waals surface area (Å²) in [6.07, 6.45) is 0. The molecular weight excluding hydrogens is 372 g/mol. The molecule has 0 aromatic heterocycles. The Morgan fingerprint density at radius 2 is 1.66 bits per heavy atom. The summed E-state index contributed by atoms with van der Waals surface area (Å²) in [6, 6.07) is 14.1. The van der Waals surface area contributed by atoms with Crippen LogP contribution >= 0.6 is 0 Å². The van der Waals surface area contributed by atoms with Crippen molar-refractivity contribution >= 4 is 17.5 Å². The van der Waals surface area contributed by atoms with Crippen molar-refractivity contribution in [1.82, 2.24) is 5.32 Å². The van der Waals surface area contributed by atoms with Crippen LogP contribution in [0, 0.1) is 11.8 Å². The van der Waals surface area contributed by atoms with Crippen molar-refractivity contribution in [2.24, 2.45) is 0 Å². The fraction of sp³-hybridized carbons (Fsp3) is 0.273. The first-order chi connectivity index (χ1) is 14.1. The number of nitrogens with one attached hydrogen (secondary N) is 2. The zero-order valence-corrected chi connectivity index (χ0v) is 16.5. The highest BCUT2D eigenvalue weighted by molar-refractivity contribution is 5.88. The molecule has 0 aliphatic rings. The molecule has 0 radical (unpaired) electrons. The molecule has 0 aliphatic carbocycles. The average molecular weight is 396 g/mol. The molecule has 152 valence electrons. The summed E-state index contributed by atoms with van der Waals surface area (Å²) in [7, 11) is 0. The Bertz CT molecular complexity index is 869. The number of carbonyl (C=O) groups excluding carboxylic acids is 2. The second-order valence-electron chi connectivity index (χ2n) is 5.82. The minimum Gasteiger partial charge on any atom is -0.494 e. The van der Waals surface area contributed by atoms with Crippen molar-refractivity contribution in [3.8, 4) is 29.1 Å². The molecule has 2 amide bonds. The summed E-state index contributed by atoms with van der Waals surface area (Å²) in [5.41, 5.74) is 0.655. The molecule has 7 heteroatoms. The standard InChI is InChI=1S/C22H24N2O5/c1-3-27-19-9-11-20(12-10-19)29-16-22(26)23-13-4-5-14-28-21-8-6-7-18(15-21)24-17(2)25/h6-12,15H,3,13-14,16H2,1-2H3,(H,23,26)(H,24,25). The summed E-state index contributed by atoms with van der Waals surface area (Å²) in [5, 5.41) is 5.33. The second kappa shape index (κ2) is 11.9. The van der Waals surface area contributed by atoms with Crippen LogP contribution in [-0.2, 0) is 9.59 Å². The van der Waals surface area contributed by atoms with Crippen molar-refractivity contribution in [1.29, 1.82) is 0 Å². The van der Waals surface area contributed by atoms with Crippen LogP contribution in [0.15, 0.2) is 48.5 Å². The van der Waals surface area contributed by atoms with Crippen LogP contribution in [-0.4, -0.2) is 38.2 Å². The topological polar surface area (TPSA) is 85.9 Å². The number of ether oxygens (including phenoxy) is 3. The molecule has 0 fully saturated rings. The van der Waals surface area contributed by atoms with Gasteiger partial charge in [-0.1, -0.05) is 17.9 Å². The normalized spacial score (nSPS) is 9.59. The van der Waals surface area contributed by atoms with Gasteiger partial charge < -0.3 is 24.8 Å². The third-order valence-corrected chi connectivity index (χ3v) is 3.47. The van der Waals surface area contributed by atoms with E-state index in [2.05, 4.69) is 22.5 Å². The first-order valence-electron chi connectivity index (χ1n) is 9.15. The summed E-state index contributed by atoms with van der Waals surface area (Å²) in [6.45, 7) is 4.22. The summed E-state index contributed by atoms with van der Waals surface area (Å²) in [5.74, 6) is 7.14. The van der Waals surface area contributed by atoms with E-state index in [0.717, 1.165) is 5.75 Å². The van der Waals surface area contributed by atoms with Crippen molar-refractivity contribution in [2.45, 2.75) is 13.8 Å².